The Hall–Kier alpha value is -0.580. The molecule has 0 aromatic heterocycles. The number of rotatable bonds is 3. The molecule has 2 nitrogen and oxygen atoms in total. The highest BCUT2D eigenvalue weighted by atomic mass is 32.2. The summed E-state index contributed by atoms with van der Waals surface area (Å²) in [5.74, 6) is 0.945. The number of hydrazine groups is 1. The van der Waals surface area contributed by atoms with Crippen LogP contribution < -0.4 is 5.43 Å². The maximum absolute atomic E-state index is 5.30. The van der Waals surface area contributed by atoms with Crippen LogP contribution in [0.1, 0.15) is 18.4 Å². The molecule has 1 N–H and O–H groups in total. The fraction of sp³-hybridized carbons (Fsp3) is 0.417. The summed E-state index contributed by atoms with van der Waals surface area (Å²) in [7, 11) is 0. The minimum atomic E-state index is 0.880. The first kappa shape index (κ1) is 11.9. The summed E-state index contributed by atoms with van der Waals surface area (Å²) in [6.45, 7) is 2.23. The molecule has 2 rings (SSSR count). The monoisotopic (exact) mass is 252 g/mol. The molecule has 1 aliphatic heterocycles. The molecule has 0 radical (unpaired) electrons. The van der Waals surface area contributed by atoms with E-state index in [4.69, 9.17) is 12.2 Å². The number of nitrogens with zero attached hydrogens (tertiary/aromatic N) is 1. The van der Waals surface area contributed by atoms with Gasteiger partial charge in [-0.05, 0) is 18.4 Å². The van der Waals surface area contributed by atoms with Gasteiger partial charge in [0.2, 0.25) is 0 Å². The molecular formula is C12H16N2S2. The van der Waals surface area contributed by atoms with Crippen molar-refractivity contribution < 1.29 is 0 Å². The van der Waals surface area contributed by atoms with Crippen molar-refractivity contribution in [3.63, 3.8) is 0 Å². The largest absolute Gasteiger partial charge is 0.304 e. The van der Waals surface area contributed by atoms with Crippen molar-refractivity contribution in [1.82, 2.24) is 10.4 Å². The first-order valence-electron chi connectivity index (χ1n) is 5.57. The number of nitrogens with one attached hydrogen (secondary N) is 1. The number of thiocarbonyl (C=S) groups is 1. The second-order valence-corrected chi connectivity index (χ2v) is 5.52. The third kappa shape index (κ3) is 3.77. The van der Waals surface area contributed by atoms with E-state index in [2.05, 4.69) is 34.7 Å². The average Bonchev–Trinajstić information content (AvgIpc) is 2.81. The first-order valence-corrected chi connectivity index (χ1v) is 6.96. The minimum Gasteiger partial charge on any atom is -0.304 e. The van der Waals surface area contributed by atoms with Crippen molar-refractivity contribution >= 4 is 28.3 Å². The number of hydrogen-bond acceptors (Lipinski definition) is 3. The molecule has 16 heavy (non-hydrogen) atoms. The predicted molar refractivity (Wildman–Crippen MR) is 74.3 cm³/mol. The SMILES string of the molecule is S=C(NN1CCCC1)SCc1ccccc1. The molecule has 1 aromatic rings. The summed E-state index contributed by atoms with van der Waals surface area (Å²) >= 11 is 6.99. The van der Waals surface area contributed by atoms with Crippen LogP contribution in [0.25, 0.3) is 0 Å². The van der Waals surface area contributed by atoms with Gasteiger partial charge in [0.15, 0.2) is 0 Å². The van der Waals surface area contributed by atoms with E-state index in [1.807, 2.05) is 6.07 Å². The van der Waals surface area contributed by atoms with Crippen LogP contribution >= 0.6 is 24.0 Å². The first-order chi connectivity index (χ1) is 7.84. The van der Waals surface area contributed by atoms with Gasteiger partial charge in [0.05, 0.1) is 0 Å². The maximum Gasteiger partial charge on any atom is 0.148 e. The highest BCUT2D eigenvalue weighted by Crippen LogP contribution is 2.13. The lowest BCUT2D eigenvalue weighted by atomic mass is 10.2. The van der Waals surface area contributed by atoms with E-state index in [9.17, 15) is 0 Å². The minimum absolute atomic E-state index is 0.880. The standard InChI is InChI=1S/C12H16N2S2/c15-12(13-14-8-4-5-9-14)16-10-11-6-2-1-3-7-11/h1-3,6-7H,4-5,8-10H2,(H,13,15). The van der Waals surface area contributed by atoms with Gasteiger partial charge in [-0.3, -0.25) is 0 Å². The maximum atomic E-state index is 5.30. The fourth-order valence-corrected chi connectivity index (χ4v) is 2.70. The zero-order valence-electron chi connectivity index (χ0n) is 9.19. The molecular weight excluding hydrogens is 236 g/mol. The zero-order chi connectivity index (χ0) is 11.2. The molecule has 0 saturated carbocycles. The quantitative estimate of drug-likeness (QED) is 0.832. The molecule has 4 heteroatoms. The molecule has 1 saturated heterocycles. The van der Waals surface area contributed by atoms with Crippen molar-refractivity contribution in [2.75, 3.05) is 13.1 Å². The summed E-state index contributed by atoms with van der Waals surface area (Å²) < 4.78 is 0.880. The average molecular weight is 252 g/mol. The number of benzene rings is 1. The van der Waals surface area contributed by atoms with Crippen molar-refractivity contribution in [2.24, 2.45) is 0 Å². The van der Waals surface area contributed by atoms with Crippen LogP contribution in [-0.2, 0) is 5.75 Å². The van der Waals surface area contributed by atoms with Gasteiger partial charge in [0.25, 0.3) is 0 Å². The van der Waals surface area contributed by atoms with E-state index < -0.39 is 0 Å². The van der Waals surface area contributed by atoms with Crippen molar-refractivity contribution in [2.45, 2.75) is 18.6 Å². The highest BCUT2D eigenvalue weighted by Gasteiger charge is 2.12. The summed E-state index contributed by atoms with van der Waals surface area (Å²) in [5, 5.41) is 2.21. The normalized spacial score (nSPS) is 16.2. The number of hydrogen-bond donors (Lipinski definition) is 1. The molecule has 0 unspecified atom stereocenters. The van der Waals surface area contributed by atoms with Crippen LogP contribution in [0.3, 0.4) is 0 Å². The molecule has 0 spiro atoms. The van der Waals surface area contributed by atoms with Gasteiger partial charge in [0.1, 0.15) is 4.32 Å². The number of thioether (sulfide) groups is 1. The van der Waals surface area contributed by atoms with Crippen LogP contribution in [0.2, 0.25) is 0 Å². The zero-order valence-corrected chi connectivity index (χ0v) is 10.8. The second kappa shape index (κ2) is 6.23. The Morgan fingerprint density at radius 3 is 2.62 bits per heavy atom. The summed E-state index contributed by atoms with van der Waals surface area (Å²) in [6.07, 6.45) is 2.55. The summed E-state index contributed by atoms with van der Waals surface area (Å²) in [4.78, 5) is 0. The molecule has 1 aromatic carbocycles. The summed E-state index contributed by atoms with van der Waals surface area (Å²) in [6, 6.07) is 10.4. The Balaban J connectivity index is 1.71. The summed E-state index contributed by atoms with van der Waals surface area (Å²) in [5.41, 5.74) is 4.59. The van der Waals surface area contributed by atoms with Crippen LogP contribution in [0.4, 0.5) is 0 Å². The van der Waals surface area contributed by atoms with E-state index in [0.717, 1.165) is 23.2 Å². The van der Waals surface area contributed by atoms with E-state index in [-0.39, 0.29) is 0 Å². The lowest BCUT2D eigenvalue weighted by Gasteiger charge is -2.17. The third-order valence-corrected chi connectivity index (χ3v) is 3.84. The predicted octanol–water partition coefficient (Wildman–Crippen LogP) is 2.81. The Kier molecular flexibility index (Phi) is 4.63. The Morgan fingerprint density at radius 1 is 1.25 bits per heavy atom. The van der Waals surface area contributed by atoms with E-state index in [1.54, 1.807) is 11.8 Å². The fourth-order valence-electron chi connectivity index (χ4n) is 1.71. The van der Waals surface area contributed by atoms with Crippen LogP contribution in [0, 0.1) is 0 Å². The second-order valence-electron chi connectivity index (χ2n) is 3.87. The molecule has 0 aliphatic carbocycles. The molecule has 1 aliphatic rings. The van der Waals surface area contributed by atoms with Crippen LogP contribution in [0.5, 0.6) is 0 Å². The van der Waals surface area contributed by atoms with E-state index in [0.29, 0.717) is 0 Å². The van der Waals surface area contributed by atoms with Gasteiger partial charge in [-0.15, -0.1) is 0 Å². The van der Waals surface area contributed by atoms with Crippen molar-refractivity contribution in [1.29, 1.82) is 0 Å². The lowest BCUT2D eigenvalue weighted by molar-refractivity contribution is 0.300. The topological polar surface area (TPSA) is 15.3 Å². The molecule has 0 atom stereocenters. The van der Waals surface area contributed by atoms with Gasteiger partial charge >= 0.3 is 0 Å². The van der Waals surface area contributed by atoms with Crippen molar-refractivity contribution in [3.05, 3.63) is 35.9 Å². The smallest absolute Gasteiger partial charge is 0.148 e. The molecule has 1 fully saturated rings. The van der Waals surface area contributed by atoms with Crippen LogP contribution in [0.15, 0.2) is 30.3 Å². The Bertz CT molecular complexity index is 334. The third-order valence-electron chi connectivity index (χ3n) is 2.57. The molecule has 0 amide bonds. The van der Waals surface area contributed by atoms with Crippen molar-refractivity contribution in [3.8, 4) is 0 Å². The van der Waals surface area contributed by atoms with E-state index in [1.165, 1.54) is 18.4 Å². The van der Waals surface area contributed by atoms with E-state index >= 15 is 0 Å². The van der Waals surface area contributed by atoms with Gasteiger partial charge in [0, 0.05) is 18.8 Å². The van der Waals surface area contributed by atoms with Gasteiger partial charge in [-0.25, -0.2) is 5.01 Å². The Labute approximate surface area is 106 Å². The van der Waals surface area contributed by atoms with Gasteiger partial charge < -0.3 is 5.43 Å². The molecule has 86 valence electrons. The lowest BCUT2D eigenvalue weighted by Crippen LogP contribution is -2.37. The highest BCUT2D eigenvalue weighted by molar-refractivity contribution is 8.22. The van der Waals surface area contributed by atoms with Gasteiger partial charge in [-0.2, -0.15) is 0 Å². The molecule has 0 bridgehead atoms. The van der Waals surface area contributed by atoms with Gasteiger partial charge in [-0.1, -0.05) is 54.3 Å². The molecule has 1 heterocycles. The Morgan fingerprint density at radius 2 is 1.94 bits per heavy atom. The van der Waals surface area contributed by atoms with Crippen LogP contribution in [-0.4, -0.2) is 22.4 Å².